The lowest BCUT2D eigenvalue weighted by atomic mass is 10.2. The first kappa shape index (κ1) is 11.0. The summed E-state index contributed by atoms with van der Waals surface area (Å²) >= 11 is 1.54. The number of aryl methyl sites for hydroxylation is 1. The van der Waals surface area contributed by atoms with Gasteiger partial charge in [0.15, 0.2) is 0 Å². The lowest BCUT2D eigenvalue weighted by Crippen LogP contribution is -1.92. The second-order valence-corrected chi connectivity index (χ2v) is 4.21. The smallest absolute Gasteiger partial charge is 0.258 e. The maximum absolute atomic E-state index is 10.7. The summed E-state index contributed by atoms with van der Waals surface area (Å²) in [5.74, 6) is 0.921. The van der Waals surface area contributed by atoms with Crippen LogP contribution in [0.4, 0.5) is 5.69 Å². The molecule has 0 radical (unpaired) electrons. The van der Waals surface area contributed by atoms with E-state index < -0.39 is 0 Å². The second-order valence-electron chi connectivity index (χ2n) is 3.08. The van der Waals surface area contributed by atoms with Crippen molar-refractivity contribution in [1.29, 1.82) is 0 Å². The van der Waals surface area contributed by atoms with Crippen LogP contribution in [-0.4, -0.2) is 10.7 Å². The van der Waals surface area contributed by atoms with Gasteiger partial charge in [0.25, 0.3) is 5.69 Å². The lowest BCUT2D eigenvalue weighted by Gasteiger charge is -2.02. The Balaban J connectivity index is 2.96. The van der Waals surface area contributed by atoms with Gasteiger partial charge < -0.3 is 0 Å². The zero-order chi connectivity index (χ0) is 10.6. The average molecular weight is 211 g/mol. The third-order valence-corrected chi connectivity index (χ3v) is 3.04. The number of benzene rings is 1. The van der Waals surface area contributed by atoms with Gasteiger partial charge >= 0.3 is 0 Å². The monoisotopic (exact) mass is 211 g/mol. The van der Waals surface area contributed by atoms with Crippen LogP contribution in [0.25, 0.3) is 0 Å². The van der Waals surface area contributed by atoms with Gasteiger partial charge in [0, 0.05) is 6.07 Å². The third kappa shape index (κ3) is 2.73. The van der Waals surface area contributed by atoms with Gasteiger partial charge in [-0.2, -0.15) is 0 Å². The van der Waals surface area contributed by atoms with Gasteiger partial charge in [0.2, 0.25) is 0 Å². The summed E-state index contributed by atoms with van der Waals surface area (Å²) in [7, 11) is 0. The molecule has 0 aliphatic heterocycles. The van der Waals surface area contributed by atoms with E-state index in [0.717, 1.165) is 22.6 Å². The van der Waals surface area contributed by atoms with Crippen LogP contribution >= 0.6 is 11.8 Å². The number of nitro groups is 1. The van der Waals surface area contributed by atoms with Crippen LogP contribution < -0.4 is 0 Å². The summed E-state index contributed by atoms with van der Waals surface area (Å²) < 4.78 is 0. The molecular weight excluding hydrogens is 198 g/mol. The van der Waals surface area contributed by atoms with Crippen LogP contribution in [-0.2, 0) is 0 Å². The summed E-state index contributed by atoms with van der Waals surface area (Å²) in [6.07, 6.45) is 1.02. The molecule has 4 heteroatoms. The van der Waals surface area contributed by atoms with Gasteiger partial charge in [0.05, 0.1) is 9.82 Å². The molecule has 3 nitrogen and oxygen atoms in total. The lowest BCUT2D eigenvalue weighted by molar-refractivity contribution is -0.387. The van der Waals surface area contributed by atoms with E-state index in [2.05, 4.69) is 6.92 Å². The van der Waals surface area contributed by atoms with Crippen molar-refractivity contribution in [2.24, 2.45) is 0 Å². The van der Waals surface area contributed by atoms with Crippen molar-refractivity contribution in [1.82, 2.24) is 0 Å². The molecule has 1 aromatic rings. The van der Waals surface area contributed by atoms with Crippen molar-refractivity contribution in [3.05, 3.63) is 33.9 Å². The van der Waals surface area contributed by atoms with Gasteiger partial charge in [-0.3, -0.25) is 10.1 Å². The molecular formula is C10H13NO2S. The largest absolute Gasteiger partial charge is 0.283 e. The van der Waals surface area contributed by atoms with Gasteiger partial charge in [-0.15, -0.1) is 11.8 Å². The van der Waals surface area contributed by atoms with Crippen LogP contribution in [0.1, 0.15) is 18.9 Å². The van der Waals surface area contributed by atoms with E-state index in [4.69, 9.17) is 0 Å². The van der Waals surface area contributed by atoms with Crippen molar-refractivity contribution in [3.63, 3.8) is 0 Å². The molecule has 0 saturated heterocycles. The first-order valence-corrected chi connectivity index (χ1v) is 5.51. The van der Waals surface area contributed by atoms with Crippen molar-refractivity contribution in [2.45, 2.75) is 25.2 Å². The molecule has 1 aromatic carbocycles. The minimum absolute atomic E-state index is 0.225. The van der Waals surface area contributed by atoms with E-state index in [9.17, 15) is 10.1 Å². The Morgan fingerprint density at radius 1 is 1.50 bits per heavy atom. The van der Waals surface area contributed by atoms with E-state index in [1.165, 1.54) is 0 Å². The topological polar surface area (TPSA) is 43.1 Å². The highest BCUT2D eigenvalue weighted by atomic mass is 32.2. The summed E-state index contributed by atoms with van der Waals surface area (Å²) in [5, 5.41) is 10.7. The number of thioether (sulfide) groups is 1. The Bertz CT molecular complexity index is 339. The summed E-state index contributed by atoms with van der Waals surface area (Å²) in [5.41, 5.74) is 1.15. The zero-order valence-corrected chi connectivity index (χ0v) is 9.13. The van der Waals surface area contributed by atoms with E-state index >= 15 is 0 Å². The highest BCUT2D eigenvalue weighted by Gasteiger charge is 2.13. The van der Waals surface area contributed by atoms with Crippen LogP contribution in [0.3, 0.4) is 0 Å². The average Bonchev–Trinajstić information content (AvgIpc) is 2.15. The number of hydrogen-bond donors (Lipinski definition) is 0. The van der Waals surface area contributed by atoms with Crippen LogP contribution in [0, 0.1) is 17.0 Å². The Morgan fingerprint density at radius 3 is 2.79 bits per heavy atom. The molecule has 0 N–H and O–H groups in total. The quantitative estimate of drug-likeness (QED) is 0.435. The van der Waals surface area contributed by atoms with Crippen LogP contribution in [0.5, 0.6) is 0 Å². The fourth-order valence-corrected chi connectivity index (χ4v) is 1.97. The number of nitro benzene ring substituents is 1. The van der Waals surface area contributed by atoms with E-state index in [0.29, 0.717) is 0 Å². The van der Waals surface area contributed by atoms with Gasteiger partial charge in [-0.1, -0.05) is 13.0 Å². The fourth-order valence-electron chi connectivity index (χ4n) is 1.10. The number of nitrogens with zero attached hydrogens (tertiary/aromatic N) is 1. The molecule has 0 aliphatic rings. The minimum Gasteiger partial charge on any atom is -0.258 e. The number of rotatable bonds is 4. The SMILES string of the molecule is CCCSc1ccc(C)cc1[N+](=O)[O-]. The first-order chi connectivity index (χ1) is 6.65. The first-order valence-electron chi connectivity index (χ1n) is 4.53. The maximum atomic E-state index is 10.7. The Kier molecular flexibility index (Phi) is 3.95. The van der Waals surface area contributed by atoms with E-state index in [-0.39, 0.29) is 10.6 Å². The Hall–Kier alpha value is -1.03. The highest BCUT2D eigenvalue weighted by Crippen LogP contribution is 2.30. The van der Waals surface area contributed by atoms with Crippen LogP contribution in [0.2, 0.25) is 0 Å². The molecule has 76 valence electrons. The predicted octanol–water partition coefficient (Wildman–Crippen LogP) is 3.41. The van der Waals surface area contributed by atoms with Gasteiger partial charge in [-0.25, -0.2) is 0 Å². The Morgan fingerprint density at radius 2 is 2.21 bits per heavy atom. The number of hydrogen-bond acceptors (Lipinski definition) is 3. The summed E-state index contributed by atoms with van der Waals surface area (Å²) in [6, 6.07) is 5.36. The normalized spacial score (nSPS) is 10.1. The molecule has 0 aromatic heterocycles. The second kappa shape index (κ2) is 5.00. The van der Waals surface area contributed by atoms with Gasteiger partial charge in [-0.05, 0) is 30.7 Å². The molecule has 14 heavy (non-hydrogen) atoms. The van der Waals surface area contributed by atoms with Crippen LogP contribution in [0.15, 0.2) is 23.1 Å². The van der Waals surface area contributed by atoms with Crippen molar-refractivity contribution in [3.8, 4) is 0 Å². The molecule has 0 unspecified atom stereocenters. The fraction of sp³-hybridized carbons (Fsp3) is 0.400. The molecule has 0 heterocycles. The third-order valence-electron chi connectivity index (χ3n) is 1.77. The molecule has 0 fully saturated rings. The summed E-state index contributed by atoms with van der Waals surface area (Å²) in [6.45, 7) is 3.92. The minimum atomic E-state index is -0.314. The molecule has 0 atom stereocenters. The Labute approximate surface area is 87.7 Å². The van der Waals surface area contributed by atoms with E-state index in [1.807, 2.05) is 19.1 Å². The standard InChI is InChI=1S/C10H13NO2S/c1-3-6-14-10-5-4-8(2)7-9(10)11(12)13/h4-5,7H,3,6H2,1-2H3. The molecule has 0 bridgehead atoms. The van der Waals surface area contributed by atoms with Gasteiger partial charge in [0.1, 0.15) is 0 Å². The predicted molar refractivity (Wildman–Crippen MR) is 58.8 cm³/mol. The van der Waals surface area contributed by atoms with Crippen molar-refractivity contribution in [2.75, 3.05) is 5.75 Å². The molecule has 0 saturated carbocycles. The molecule has 0 spiro atoms. The van der Waals surface area contributed by atoms with Crippen molar-refractivity contribution < 1.29 is 4.92 Å². The molecule has 0 amide bonds. The summed E-state index contributed by atoms with van der Waals surface area (Å²) in [4.78, 5) is 11.2. The van der Waals surface area contributed by atoms with E-state index in [1.54, 1.807) is 17.8 Å². The molecule has 1 rings (SSSR count). The zero-order valence-electron chi connectivity index (χ0n) is 8.32. The molecule has 0 aliphatic carbocycles. The van der Waals surface area contributed by atoms with Crippen molar-refractivity contribution >= 4 is 17.4 Å². The highest BCUT2D eigenvalue weighted by molar-refractivity contribution is 7.99. The maximum Gasteiger partial charge on any atom is 0.283 e.